The van der Waals surface area contributed by atoms with Gasteiger partial charge < -0.3 is 9.47 Å². The topological polar surface area (TPSA) is 107 Å². The molecule has 4 rings (SSSR count). The molecule has 150 valence electrons. The van der Waals surface area contributed by atoms with Crippen LogP contribution in [0.5, 0.6) is 11.5 Å². The summed E-state index contributed by atoms with van der Waals surface area (Å²) in [6.45, 7) is 0.121. The van der Waals surface area contributed by atoms with Crippen molar-refractivity contribution in [1.29, 1.82) is 0 Å². The lowest BCUT2D eigenvalue weighted by Crippen LogP contribution is -2.40. The molecule has 0 radical (unpaired) electrons. The molecule has 0 bridgehead atoms. The third kappa shape index (κ3) is 4.66. The van der Waals surface area contributed by atoms with Crippen molar-refractivity contribution in [1.82, 2.24) is 4.98 Å². The number of carbonyl (C=O) groups is 1. The lowest BCUT2D eigenvalue weighted by atomic mass is 10.1. The largest absolute Gasteiger partial charge is 0.485 e. The van der Waals surface area contributed by atoms with Crippen molar-refractivity contribution in [3.63, 3.8) is 0 Å². The van der Waals surface area contributed by atoms with Crippen molar-refractivity contribution in [2.45, 2.75) is 6.10 Å². The van der Waals surface area contributed by atoms with Crippen LogP contribution in [0.3, 0.4) is 0 Å². The highest BCUT2D eigenvalue weighted by molar-refractivity contribution is 7.92. The Morgan fingerprint density at radius 3 is 2.59 bits per heavy atom. The second kappa shape index (κ2) is 7.72. The number of nitrogens with zero attached hydrogens (tertiary/aromatic N) is 1. The summed E-state index contributed by atoms with van der Waals surface area (Å²) >= 11 is 1.29. The number of hydrogen-bond acceptors (Lipinski definition) is 7. The fraction of sp³-hybridized carbons (Fsp3) is 0.158. The number of benzene rings is 2. The number of para-hydroxylation sites is 2. The molecule has 1 unspecified atom stereocenters. The van der Waals surface area contributed by atoms with Crippen LogP contribution in [0, 0.1) is 0 Å². The average Bonchev–Trinajstić information content (AvgIpc) is 3.15. The van der Waals surface area contributed by atoms with Gasteiger partial charge in [-0.2, -0.15) is 0 Å². The van der Waals surface area contributed by atoms with Crippen molar-refractivity contribution < 1.29 is 22.7 Å². The van der Waals surface area contributed by atoms with Gasteiger partial charge in [-0.3, -0.25) is 14.8 Å². The number of carbonyl (C=O) groups excluding carboxylic acids is 1. The van der Waals surface area contributed by atoms with Gasteiger partial charge in [0.15, 0.2) is 16.6 Å². The van der Waals surface area contributed by atoms with Gasteiger partial charge in [-0.25, -0.2) is 13.4 Å². The molecule has 2 aromatic carbocycles. The zero-order chi connectivity index (χ0) is 20.4. The molecular weight excluding hydrogens is 414 g/mol. The summed E-state index contributed by atoms with van der Waals surface area (Å²) in [5.74, 6) is 0.802. The van der Waals surface area contributed by atoms with Crippen LogP contribution in [0.25, 0.3) is 11.3 Å². The first-order chi connectivity index (χ1) is 13.9. The number of ether oxygens (including phenoxy) is 2. The van der Waals surface area contributed by atoms with Crippen LogP contribution < -0.4 is 19.5 Å². The van der Waals surface area contributed by atoms with E-state index in [1.165, 1.54) is 11.3 Å². The maximum Gasteiger partial charge on any atom is 0.270 e. The Morgan fingerprint density at radius 2 is 1.86 bits per heavy atom. The van der Waals surface area contributed by atoms with Crippen LogP contribution in [-0.2, 0) is 14.8 Å². The molecule has 0 saturated carbocycles. The predicted molar refractivity (Wildman–Crippen MR) is 111 cm³/mol. The van der Waals surface area contributed by atoms with E-state index in [1.807, 2.05) is 17.5 Å². The number of sulfonamides is 1. The molecule has 29 heavy (non-hydrogen) atoms. The Labute approximate surface area is 171 Å². The number of amides is 1. The van der Waals surface area contributed by atoms with Gasteiger partial charge in [0.2, 0.25) is 16.1 Å². The molecule has 0 fully saturated rings. The Balaban J connectivity index is 1.41. The molecule has 0 saturated heterocycles. The molecule has 2 heterocycles. The molecule has 1 aliphatic heterocycles. The average molecular weight is 431 g/mol. The molecule has 1 aromatic heterocycles. The number of rotatable bonds is 5. The molecule has 0 spiro atoms. The standard InChI is InChI=1S/C19H17N3O5S2/c1-29(24,25)22-13-8-6-12(7-9-13)14-11-28-19(20-14)21-18(23)17-10-26-15-4-2-3-5-16(15)27-17/h2-9,11,17,22H,10H2,1H3,(H,20,21,23). The summed E-state index contributed by atoms with van der Waals surface area (Å²) in [5.41, 5.74) is 1.93. The molecule has 8 nitrogen and oxygen atoms in total. The van der Waals surface area contributed by atoms with Gasteiger partial charge in [0.05, 0.1) is 11.9 Å². The van der Waals surface area contributed by atoms with E-state index in [4.69, 9.17) is 9.47 Å². The zero-order valence-electron chi connectivity index (χ0n) is 15.3. The maximum absolute atomic E-state index is 12.5. The van der Waals surface area contributed by atoms with Crippen LogP contribution in [0.15, 0.2) is 53.9 Å². The van der Waals surface area contributed by atoms with Gasteiger partial charge in [0.25, 0.3) is 5.91 Å². The van der Waals surface area contributed by atoms with E-state index in [0.29, 0.717) is 28.0 Å². The summed E-state index contributed by atoms with van der Waals surface area (Å²) in [4.78, 5) is 16.9. The van der Waals surface area contributed by atoms with E-state index in [0.717, 1.165) is 11.8 Å². The Hall–Kier alpha value is -3.11. The fourth-order valence-electron chi connectivity index (χ4n) is 2.72. The lowest BCUT2D eigenvalue weighted by Gasteiger charge is -2.25. The van der Waals surface area contributed by atoms with Gasteiger partial charge in [-0.1, -0.05) is 24.3 Å². The second-order valence-corrected chi connectivity index (χ2v) is 8.95. The third-order valence-corrected chi connectivity index (χ3v) is 5.38. The quantitative estimate of drug-likeness (QED) is 0.643. The number of nitrogens with one attached hydrogen (secondary N) is 2. The number of hydrogen-bond donors (Lipinski definition) is 2. The summed E-state index contributed by atoms with van der Waals surface area (Å²) in [7, 11) is -3.33. The highest BCUT2D eigenvalue weighted by atomic mass is 32.2. The summed E-state index contributed by atoms with van der Waals surface area (Å²) < 4.78 is 36.2. The molecule has 3 aromatic rings. The van der Waals surface area contributed by atoms with E-state index < -0.39 is 16.1 Å². The monoisotopic (exact) mass is 431 g/mol. The predicted octanol–water partition coefficient (Wildman–Crippen LogP) is 2.96. The second-order valence-electron chi connectivity index (χ2n) is 6.34. The fourth-order valence-corrected chi connectivity index (χ4v) is 4.01. The number of fused-ring (bicyclic) bond motifs is 1. The van der Waals surface area contributed by atoms with Crippen LogP contribution in [0.4, 0.5) is 10.8 Å². The number of thiazole rings is 1. The van der Waals surface area contributed by atoms with Gasteiger partial charge in [0, 0.05) is 16.6 Å². The molecule has 2 N–H and O–H groups in total. The number of aromatic nitrogens is 1. The van der Waals surface area contributed by atoms with Crippen molar-refractivity contribution in [2.75, 3.05) is 22.9 Å². The molecule has 10 heteroatoms. The first kappa shape index (κ1) is 19.2. The smallest absolute Gasteiger partial charge is 0.270 e. The lowest BCUT2D eigenvalue weighted by molar-refractivity contribution is -0.125. The van der Waals surface area contributed by atoms with Crippen LogP contribution in [-0.4, -0.2) is 38.3 Å². The van der Waals surface area contributed by atoms with E-state index >= 15 is 0 Å². The van der Waals surface area contributed by atoms with Crippen molar-refractivity contribution >= 4 is 38.1 Å². The van der Waals surface area contributed by atoms with E-state index in [9.17, 15) is 13.2 Å². The molecule has 1 amide bonds. The first-order valence-electron chi connectivity index (χ1n) is 8.60. The Morgan fingerprint density at radius 1 is 1.14 bits per heavy atom. The van der Waals surface area contributed by atoms with Crippen molar-refractivity contribution in [3.05, 3.63) is 53.9 Å². The van der Waals surface area contributed by atoms with Gasteiger partial charge >= 0.3 is 0 Å². The Kier molecular flexibility index (Phi) is 5.12. The highest BCUT2D eigenvalue weighted by Crippen LogP contribution is 2.31. The maximum atomic E-state index is 12.5. The van der Waals surface area contributed by atoms with Gasteiger partial charge in [-0.05, 0) is 24.3 Å². The van der Waals surface area contributed by atoms with Crippen molar-refractivity contribution in [3.8, 4) is 22.8 Å². The summed E-state index contributed by atoms with van der Waals surface area (Å²) in [5, 5.41) is 4.99. The van der Waals surface area contributed by atoms with E-state index in [2.05, 4.69) is 15.0 Å². The van der Waals surface area contributed by atoms with Crippen molar-refractivity contribution in [2.24, 2.45) is 0 Å². The summed E-state index contributed by atoms with van der Waals surface area (Å²) in [6, 6.07) is 14.0. The highest BCUT2D eigenvalue weighted by Gasteiger charge is 2.27. The minimum absolute atomic E-state index is 0.121. The number of anilines is 2. The molecule has 0 aliphatic carbocycles. The normalized spacial score (nSPS) is 15.6. The first-order valence-corrected chi connectivity index (χ1v) is 11.4. The Bertz CT molecular complexity index is 1140. The molecule has 1 aliphatic rings. The molecular formula is C19H17N3O5S2. The minimum Gasteiger partial charge on any atom is -0.485 e. The van der Waals surface area contributed by atoms with Gasteiger partial charge in [0.1, 0.15) is 6.61 Å². The van der Waals surface area contributed by atoms with Crippen LogP contribution >= 0.6 is 11.3 Å². The third-order valence-electron chi connectivity index (χ3n) is 4.02. The van der Waals surface area contributed by atoms with E-state index in [1.54, 1.807) is 36.4 Å². The summed E-state index contributed by atoms with van der Waals surface area (Å²) in [6.07, 6.45) is 0.328. The van der Waals surface area contributed by atoms with Crippen LogP contribution in [0.1, 0.15) is 0 Å². The molecule has 1 atom stereocenters. The van der Waals surface area contributed by atoms with Gasteiger partial charge in [-0.15, -0.1) is 11.3 Å². The van der Waals surface area contributed by atoms with Crippen LogP contribution in [0.2, 0.25) is 0 Å². The zero-order valence-corrected chi connectivity index (χ0v) is 16.9. The van der Waals surface area contributed by atoms with E-state index in [-0.39, 0.29) is 12.5 Å². The minimum atomic E-state index is -3.33. The SMILES string of the molecule is CS(=O)(=O)Nc1ccc(-c2csc(NC(=O)C3COc4ccccc4O3)n2)cc1.